The molecule has 4 fully saturated rings. The van der Waals surface area contributed by atoms with Crippen molar-refractivity contribution in [1.29, 1.82) is 0 Å². The van der Waals surface area contributed by atoms with Crippen molar-refractivity contribution in [2.24, 2.45) is 17.3 Å². The first-order chi connectivity index (χ1) is 17.2. The van der Waals surface area contributed by atoms with Gasteiger partial charge < -0.3 is 9.84 Å². The fourth-order valence-electron chi connectivity index (χ4n) is 8.70. The maximum Gasteiger partial charge on any atom is 0.225 e. The van der Waals surface area contributed by atoms with Gasteiger partial charge in [0.1, 0.15) is 5.76 Å². The number of aromatic nitrogens is 3. The summed E-state index contributed by atoms with van der Waals surface area (Å²) in [7, 11) is 0. The molecule has 1 amide bonds. The first-order valence-corrected chi connectivity index (χ1v) is 13.5. The third kappa shape index (κ3) is 3.80. The lowest BCUT2D eigenvalue weighted by molar-refractivity contribution is -0.126. The minimum atomic E-state index is 0.0727. The third-order valence-electron chi connectivity index (χ3n) is 9.51. The number of hydrogen-bond donors (Lipinski definition) is 1. The summed E-state index contributed by atoms with van der Waals surface area (Å²) < 4.78 is 7.64. The van der Waals surface area contributed by atoms with Gasteiger partial charge in [0, 0.05) is 17.4 Å². The van der Waals surface area contributed by atoms with E-state index in [0.717, 1.165) is 35.0 Å². The van der Waals surface area contributed by atoms with Crippen LogP contribution >= 0.6 is 0 Å². The zero-order valence-electron chi connectivity index (χ0n) is 22.3. The highest BCUT2D eigenvalue weighted by atomic mass is 16.5. The van der Waals surface area contributed by atoms with Gasteiger partial charge in [-0.25, -0.2) is 0 Å². The molecule has 0 aliphatic heterocycles. The number of nitrogens with one attached hydrogen (secondary N) is 1. The average Bonchev–Trinajstić information content (AvgIpc) is 3.27. The van der Waals surface area contributed by atoms with Crippen molar-refractivity contribution in [1.82, 2.24) is 14.9 Å². The molecule has 6 nitrogen and oxygen atoms in total. The number of nitrogens with zero attached hydrogens (tertiary/aromatic N) is 3. The fraction of sp³-hybridized carbons (Fsp3) is 0.567. The van der Waals surface area contributed by atoms with Crippen LogP contribution < -0.4 is 5.32 Å². The summed E-state index contributed by atoms with van der Waals surface area (Å²) in [6.45, 7) is 11.0. The number of rotatable bonds is 6. The van der Waals surface area contributed by atoms with Crippen molar-refractivity contribution in [3.05, 3.63) is 63.8 Å². The van der Waals surface area contributed by atoms with Crippen molar-refractivity contribution >= 4 is 11.6 Å². The summed E-state index contributed by atoms with van der Waals surface area (Å²) >= 11 is 0. The van der Waals surface area contributed by atoms with E-state index in [1.165, 1.54) is 48.8 Å². The van der Waals surface area contributed by atoms with Gasteiger partial charge in [-0.2, -0.15) is 5.10 Å². The molecule has 0 saturated heterocycles. The van der Waals surface area contributed by atoms with Crippen LogP contribution in [-0.2, 0) is 16.8 Å². The Bertz CT molecular complexity index is 1300. The highest BCUT2D eigenvalue weighted by Gasteiger charge is 2.59. The van der Waals surface area contributed by atoms with Crippen LogP contribution in [0.3, 0.4) is 0 Å². The lowest BCUT2D eigenvalue weighted by Gasteiger charge is -2.62. The highest BCUT2D eigenvalue weighted by molar-refractivity contribution is 5.92. The Balaban J connectivity index is 1.22. The van der Waals surface area contributed by atoms with Crippen molar-refractivity contribution in [2.75, 3.05) is 5.32 Å². The van der Waals surface area contributed by atoms with Gasteiger partial charge in [0.05, 0.1) is 29.3 Å². The molecular formula is C30H38N4O2. The molecule has 1 N–H and O–H groups in total. The summed E-state index contributed by atoms with van der Waals surface area (Å²) in [6, 6.07) is 8.40. The van der Waals surface area contributed by atoms with E-state index < -0.39 is 0 Å². The number of anilines is 1. The SMILES string of the molecule is Cc1ccccc1Cn1nc(C)c(NC(=O)CC23CC4CC(C2)CC(c2c(C)noc2C)(C4)C3)c1C. The molecule has 4 aliphatic carbocycles. The molecule has 6 heteroatoms. The Morgan fingerprint density at radius 3 is 2.44 bits per heavy atom. The molecule has 4 bridgehead atoms. The maximum absolute atomic E-state index is 13.6. The zero-order valence-corrected chi connectivity index (χ0v) is 22.3. The quantitative estimate of drug-likeness (QED) is 0.442. The number of carbonyl (C=O) groups excluding carboxylic acids is 1. The third-order valence-corrected chi connectivity index (χ3v) is 9.51. The van der Waals surface area contributed by atoms with Crippen LogP contribution in [0.1, 0.15) is 84.5 Å². The van der Waals surface area contributed by atoms with E-state index in [0.29, 0.717) is 24.8 Å². The van der Waals surface area contributed by atoms with Crippen LogP contribution in [0.5, 0.6) is 0 Å². The van der Waals surface area contributed by atoms with Crippen molar-refractivity contribution in [3.8, 4) is 0 Å². The lowest BCUT2D eigenvalue weighted by Crippen LogP contribution is -2.55. The van der Waals surface area contributed by atoms with Gasteiger partial charge in [-0.15, -0.1) is 0 Å². The lowest BCUT2D eigenvalue weighted by atomic mass is 9.42. The van der Waals surface area contributed by atoms with E-state index in [4.69, 9.17) is 9.62 Å². The first kappa shape index (κ1) is 23.5. The van der Waals surface area contributed by atoms with Crippen molar-refractivity contribution in [3.63, 3.8) is 0 Å². The maximum atomic E-state index is 13.6. The fourth-order valence-corrected chi connectivity index (χ4v) is 8.70. The molecule has 4 saturated carbocycles. The first-order valence-electron chi connectivity index (χ1n) is 13.5. The zero-order chi connectivity index (χ0) is 25.2. The average molecular weight is 487 g/mol. The van der Waals surface area contributed by atoms with Gasteiger partial charge in [-0.05, 0) is 102 Å². The van der Waals surface area contributed by atoms with Crippen molar-refractivity contribution < 1.29 is 9.32 Å². The van der Waals surface area contributed by atoms with E-state index in [-0.39, 0.29) is 16.7 Å². The van der Waals surface area contributed by atoms with Crippen LogP contribution in [0.4, 0.5) is 5.69 Å². The molecule has 1 aromatic carbocycles. The molecule has 36 heavy (non-hydrogen) atoms. The van der Waals surface area contributed by atoms with Crippen LogP contribution in [-0.4, -0.2) is 20.8 Å². The van der Waals surface area contributed by atoms with Crippen LogP contribution in [0.15, 0.2) is 28.8 Å². The van der Waals surface area contributed by atoms with Gasteiger partial charge in [-0.3, -0.25) is 9.48 Å². The molecule has 0 spiro atoms. The van der Waals surface area contributed by atoms with Crippen LogP contribution in [0, 0.1) is 51.9 Å². The van der Waals surface area contributed by atoms with Crippen LogP contribution in [0.2, 0.25) is 0 Å². The Morgan fingerprint density at radius 1 is 1.06 bits per heavy atom. The number of aryl methyl sites for hydroxylation is 4. The number of benzene rings is 1. The summed E-state index contributed by atoms with van der Waals surface area (Å²) in [5.41, 5.74) is 7.86. The van der Waals surface area contributed by atoms with Crippen LogP contribution in [0.25, 0.3) is 0 Å². The predicted molar refractivity (Wildman–Crippen MR) is 140 cm³/mol. The Morgan fingerprint density at radius 2 is 1.78 bits per heavy atom. The number of carbonyl (C=O) groups is 1. The van der Waals surface area contributed by atoms with E-state index in [1.807, 2.05) is 11.6 Å². The van der Waals surface area contributed by atoms with Gasteiger partial charge in [0.15, 0.2) is 0 Å². The van der Waals surface area contributed by atoms with Gasteiger partial charge in [0.2, 0.25) is 5.91 Å². The smallest absolute Gasteiger partial charge is 0.225 e. The van der Waals surface area contributed by atoms with Gasteiger partial charge in [-0.1, -0.05) is 29.4 Å². The Kier molecular flexibility index (Phi) is 5.43. The number of amides is 1. The minimum absolute atomic E-state index is 0.0727. The molecule has 190 valence electrons. The van der Waals surface area contributed by atoms with Gasteiger partial charge in [0.25, 0.3) is 0 Å². The normalized spacial score (nSPS) is 28.6. The highest BCUT2D eigenvalue weighted by Crippen LogP contribution is 2.67. The summed E-state index contributed by atoms with van der Waals surface area (Å²) in [6.07, 6.45) is 7.78. The molecule has 7 rings (SSSR count). The molecule has 2 unspecified atom stereocenters. The van der Waals surface area contributed by atoms with E-state index >= 15 is 0 Å². The largest absolute Gasteiger partial charge is 0.361 e. The Hall–Kier alpha value is -2.89. The van der Waals surface area contributed by atoms with E-state index in [9.17, 15) is 4.79 Å². The Labute approximate surface area is 213 Å². The van der Waals surface area contributed by atoms with E-state index in [1.54, 1.807) is 0 Å². The minimum Gasteiger partial charge on any atom is -0.361 e. The number of hydrogen-bond acceptors (Lipinski definition) is 4. The topological polar surface area (TPSA) is 73.0 Å². The molecule has 4 aliphatic rings. The molecule has 2 aromatic heterocycles. The monoisotopic (exact) mass is 486 g/mol. The second kappa shape index (κ2) is 8.32. The molecular weight excluding hydrogens is 448 g/mol. The molecule has 0 radical (unpaired) electrons. The van der Waals surface area contributed by atoms with Crippen molar-refractivity contribution in [2.45, 2.75) is 91.5 Å². The second-order valence-corrected chi connectivity index (χ2v) is 12.3. The summed E-state index contributed by atoms with van der Waals surface area (Å²) in [5, 5.41) is 12.4. The summed E-state index contributed by atoms with van der Waals surface area (Å²) in [5.74, 6) is 2.51. The molecule has 2 atom stereocenters. The summed E-state index contributed by atoms with van der Waals surface area (Å²) in [4.78, 5) is 13.6. The second-order valence-electron chi connectivity index (χ2n) is 12.3. The standard InChI is InChI=1S/C30H38N4O2/c1-18-8-6-7-9-25(18)16-34-21(4)28(20(3)32-34)31-26(35)15-29-11-23-10-24(12-29)14-30(13-23,17-29)27-19(2)33-36-22(27)5/h6-9,23-24H,10-17H2,1-5H3,(H,31,35). The molecule has 2 heterocycles. The van der Waals surface area contributed by atoms with Gasteiger partial charge >= 0.3 is 0 Å². The predicted octanol–water partition coefficient (Wildman–Crippen LogP) is 6.33. The van der Waals surface area contributed by atoms with E-state index in [2.05, 4.69) is 62.4 Å². The molecule has 3 aromatic rings.